The van der Waals surface area contributed by atoms with Crippen molar-refractivity contribution < 1.29 is 18.0 Å². The lowest BCUT2D eigenvalue weighted by Crippen LogP contribution is -2.28. The second-order valence-electron chi connectivity index (χ2n) is 5.64. The van der Waals surface area contributed by atoms with Crippen LogP contribution >= 0.6 is 0 Å². The van der Waals surface area contributed by atoms with Crippen molar-refractivity contribution >= 4 is 11.6 Å². The van der Waals surface area contributed by atoms with E-state index in [0.29, 0.717) is 33.9 Å². The molecule has 2 heterocycles. The first-order chi connectivity index (χ1) is 12.7. The number of benzene rings is 1. The number of pyridine rings is 1. The zero-order valence-corrected chi connectivity index (χ0v) is 13.9. The predicted octanol–water partition coefficient (Wildman–Crippen LogP) is 1.70. The van der Waals surface area contributed by atoms with Crippen molar-refractivity contribution in [3.8, 4) is 11.4 Å². The lowest BCUT2D eigenvalue weighted by atomic mass is 10.2. The van der Waals surface area contributed by atoms with E-state index < -0.39 is 29.8 Å². The van der Waals surface area contributed by atoms with Crippen molar-refractivity contribution in [3.63, 3.8) is 0 Å². The van der Waals surface area contributed by atoms with Crippen LogP contribution in [0.4, 0.5) is 18.9 Å². The number of anilines is 1. The first-order valence-electron chi connectivity index (χ1n) is 7.64. The van der Waals surface area contributed by atoms with Gasteiger partial charge in [-0.15, -0.1) is 5.10 Å². The highest BCUT2D eigenvalue weighted by Gasteiger charge is 2.31. The Morgan fingerprint density at radius 2 is 2.00 bits per heavy atom. The Balaban J connectivity index is 1.77. The highest BCUT2D eigenvalue weighted by atomic mass is 19.4. The predicted molar refractivity (Wildman–Crippen MR) is 88.6 cm³/mol. The molecule has 0 aliphatic carbocycles. The molecule has 0 aliphatic heterocycles. The van der Waals surface area contributed by atoms with Crippen molar-refractivity contribution in [1.29, 1.82) is 0 Å². The number of carbonyl (C=O) groups is 1. The van der Waals surface area contributed by atoms with Gasteiger partial charge in [0, 0.05) is 30.6 Å². The number of nitrogens with one attached hydrogen (secondary N) is 1. The summed E-state index contributed by atoms with van der Waals surface area (Å²) in [4.78, 5) is 23.9. The van der Waals surface area contributed by atoms with E-state index in [2.05, 4.69) is 20.8 Å². The number of alkyl halides is 3. The Labute approximate surface area is 150 Å². The molecule has 0 saturated heterocycles. The highest BCUT2D eigenvalue weighted by molar-refractivity contribution is 5.91. The number of hydrogen-bond donors (Lipinski definition) is 1. The Morgan fingerprint density at radius 3 is 2.67 bits per heavy atom. The molecule has 27 heavy (non-hydrogen) atoms. The van der Waals surface area contributed by atoms with Gasteiger partial charge in [0.2, 0.25) is 5.91 Å². The van der Waals surface area contributed by atoms with Crippen LogP contribution in [-0.4, -0.2) is 30.7 Å². The summed E-state index contributed by atoms with van der Waals surface area (Å²) in [7, 11) is 1.65. The minimum Gasteiger partial charge on any atom is -0.325 e. The van der Waals surface area contributed by atoms with E-state index in [4.69, 9.17) is 0 Å². The van der Waals surface area contributed by atoms with Gasteiger partial charge in [0.25, 0.3) is 5.56 Å². The first kappa shape index (κ1) is 18.3. The number of nitrogens with zero attached hydrogens (tertiary/aromatic N) is 5. The number of carbonyl (C=O) groups excluding carboxylic acids is 1. The van der Waals surface area contributed by atoms with Gasteiger partial charge in [-0.1, -0.05) is 12.1 Å². The van der Waals surface area contributed by atoms with Gasteiger partial charge in [0.1, 0.15) is 6.54 Å². The summed E-state index contributed by atoms with van der Waals surface area (Å²) in [6, 6.07) is 8.06. The van der Waals surface area contributed by atoms with Gasteiger partial charge in [0.15, 0.2) is 5.82 Å². The van der Waals surface area contributed by atoms with Crippen LogP contribution in [0.25, 0.3) is 11.4 Å². The number of hydrogen-bond acceptors (Lipinski definition) is 5. The molecule has 1 amide bonds. The van der Waals surface area contributed by atoms with Gasteiger partial charge >= 0.3 is 6.18 Å². The number of halogens is 3. The zero-order valence-electron chi connectivity index (χ0n) is 13.9. The minimum atomic E-state index is -4.61. The number of aryl methyl sites for hydroxylation is 1. The normalized spacial score (nSPS) is 11.4. The maximum atomic E-state index is 12.8. The van der Waals surface area contributed by atoms with E-state index in [1.807, 2.05) is 0 Å². The first-order valence-corrected chi connectivity index (χ1v) is 7.64. The van der Waals surface area contributed by atoms with Gasteiger partial charge in [-0.3, -0.25) is 9.59 Å². The average molecular weight is 378 g/mol. The second kappa shape index (κ2) is 7.02. The summed E-state index contributed by atoms with van der Waals surface area (Å²) in [5.74, 6) is -0.176. The third kappa shape index (κ3) is 4.19. The van der Waals surface area contributed by atoms with Crippen LogP contribution in [0.3, 0.4) is 0 Å². The lowest BCUT2D eigenvalue weighted by Gasteiger charge is -2.11. The molecule has 3 rings (SSSR count). The number of amides is 1. The average Bonchev–Trinajstić information content (AvgIpc) is 3.02. The van der Waals surface area contributed by atoms with Crippen LogP contribution < -0.4 is 10.9 Å². The van der Waals surface area contributed by atoms with E-state index in [-0.39, 0.29) is 0 Å². The Hall–Kier alpha value is -3.50. The van der Waals surface area contributed by atoms with Crippen molar-refractivity contribution in [2.24, 2.45) is 7.05 Å². The summed E-state index contributed by atoms with van der Waals surface area (Å²) < 4.78 is 40.4. The van der Waals surface area contributed by atoms with Crippen LogP contribution in [0.1, 0.15) is 5.56 Å². The molecule has 2 aromatic heterocycles. The van der Waals surface area contributed by atoms with Crippen molar-refractivity contribution in [2.45, 2.75) is 12.7 Å². The van der Waals surface area contributed by atoms with Crippen molar-refractivity contribution in [2.75, 3.05) is 5.32 Å². The molecular formula is C16H13F3N6O2. The maximum Gasteiger partial charge on any atom is 0.417 e. The van der Waals surface area contributed by atoms with Gasteiger partial charge in [-0.2, -0.15) is 13.2 Å². The summed E-state index contributed by atoms with van der Waals surface area (Å²) >= 11 is 0. The van der Waals surface area contributed by atoms with Gasteiger partial charge in [0.05, 0.1) is 5.56 Å². The summed E-state index contributed by atoms with van der Waals surface area (Å²) in [6.07, 6.45) is -3.99. The molecule has 0 bridgehead atoms. The summed E-state index contributed by atoms with van der Waals surface area (Å²) in [5, 5.41) is 13.6. The van der Waals surface area contributed by atoms with E-state index >= 15 is 0 Å². The molecule has 11 heteroatoms. The van der Waals surface area contributed by atoms with E-state index in [1.165, 1.54) is 4.68 Å². The Kier molecular flexibility index (Phi) is 4.75. The molecule has 1 N–H and O–H groups in total. The highest BCUT2D eigenvalue weighted by Crippen LogP contribution is 2.28. The Morgan fingerprint density at radius 1 is 1.22 bits per heavy atom. The van der Waals surface area contributed by atoms with Crippen LogP contribution in [0.2, 0.25) is 0 Å². The van der Waals surface area contributed by atoms with Crippen molar-refractivity contribution in [1.82, 2.24) is 24.8 Å². The van der Waals surface area contributed by atoms with Crippen LogP contribution in [0.15, 0.2) is 47.4 Å². The molecule has 1 aromatic carbocycles. The smallest absolute Gasteiger partial charge is 0.325 e. The fourth-order valence-electron chi connectivity index (χ4n) is 2.39. The number of rotatable bonds is 4. The van der Waals surface area contributed by atoms with E-state index in [1.54, 1.807) is 31.3 Å². The van der Waals surface area contributed by atoms with E-state index in [9.17, 15) is 22.8 Å². The number of aromatic nitrogens is 5. The SMILES string of the molecule is Cn1nnnc1-c1cccc(NC(=O)Cn2cc(C(F)(F)F)ccc2=O)c1. The maximum absolute atomic E-state index is 12.8. The molecule has 0 aliphatic rings. The molecule has 140 valence electrons. The molecule has 0 spiro atoms. The van der Waals surface area contributed by atoms with Gasteiger partial charge in [-0.05, 0) is 28.6 Å². The molecule has 0 saturated carbocycles. The minimum absolute atomic E-state index is 0.389. The molecule has 8 nitrogen and oxygen atoms in total. The molecular weight excluding hydrogens is 365 g/mol. The third-order valence-electron chi connectivity index (χ3n) is 3.65. The van der Waals surface area contributed by atoms with E-state index in [0.717, 1.165) is 6.07 Å². The quantitative estimate of drug-likeness (QED) is 0.746. The molecule has 3 aromatic rings. The standard InChI is InChI=1S/C16H13F3N6O2/c1-24-15(21-22-23-24)10-3-2-4-12(7-10)20-13(26)9-25-8-11(16(17,18)19)5-6-14(25)27/h2-8H,9H2,1H3,(H,20,26). The van der Waals surface area contributed by atoms with Crippen LogP contribution in [0.5, 0.6) is 0 Å². The zero-order chi connectivity index (χ0) is 19.6. The fourth-order valence-corrected chi connectivity index (χ4v) is 2.39. The van der Waals surface area contributed by atoms with Crippen LogP contribution in [-0.2, 0) is 24.6 Å². The molecule has 0 atom stereocenters. The summed E-state index contributed by atoms with van der Waals surface area (Å²) in [6.45, 7) is -0.557. The third-order valence-corrected chi connectivity index (χ3v) is 3.65. The van der Waals surface area contributed by atoms with Crippen LogP contribution in [0, 0.1) is 0 Å². The molecule has 0 radical (unpaired) electrons. The largest absolute Gasteiger partial charge is 0.417 e. The van der Waals surface area contributed by atoms with Gasteiger partial charge < -0.3 is 9.88 Å². The molecule has 0 fully saturated rings. The lowest BCUT2D eigenvalue weighted by molar-refractivity contribution is -0.138. The number of tetrazole rings is 1. The molecule has 0 unspecified atom stereocenters. The monoisotopic (exact) mass is 378 g/mol. The van der Waals surface area contributed by atoms with Crippen molar-refractivity contribution in [3.05, 3.63) is 58.5 Å². The fraction of sp³-hybridized carbons (Fsp3) is 0.188. The summed E-state index contributed by atoms with van der Waals surface area (Å²) in [5.41, 5.74) is -0.694. The second-order valence-corrected chi connectivity index (χ2v) is 5.64. The topological polar surface area (TPSA) is 94.7 Å². The van der Waals surface area contributed by atoms with Gasteiger partial charge in [-0.25, -0.2) is 4.68 Å². The Bertz CT molecular complexity index is 1040.